The Morgan fingerprint density at radius 1 is 1.28 bits per heavy atom. The fourth-order valence-corrected chi connectivity index (χ4v) is 2.76. The predicted molar refractivity (Wildman–Crippen MR) is 75.8 cm³/mol. The summed E-state index contributed by atoms with van der Waals surface area (Å²) in [4.78, 5) is 0. The lowest BCUT2D eigenvalue weighted by molar-refractivity contribution is 0.256. The van der Waals surface area contributed by atoms with Crippen molar-refractivity contribution in [3.8, 4) is 5.75 Å². The Hall–Kier alpha value is -1.02. The molecule has 0 amide bonds. The maximum atomic E-state index is 9.34. The molecule has 100 valence electrons. The largest absolute Gasteiger partial charge is 0.508 e. The highest BCUT2D eigenvalue weighted by Crippen LogP contribution is 2.47. The summed E-state index contributed by atoms with van der Waals surface area (Å²) in [6.45, 7) is 6.83. The second-order valence-corrected chi connectivity index (χ2v) is 5.95. The normalized spacial score (nSPS) is 18.6. The maximum Gasteiger partial charge on any atom is 0.115 e. The van der Waals surface area contributed by atoms with E-state index in [0.29, 0.717) is 11.2 Å². The molecule has 1 aromatic carbocycles. The highest BCUT2D eigenvalue weighted by atomic mass is 16.3. The van der Waals surface area contributed by atoms with Gasteiger partial charge in [0.1, 0.15) is 5.75 Å². The molecule has 0 aromatic heterocycles. The van der Waals surface area contributed by atoms with Gasteiger partial charge in [0, 0.05) is 6.54 Å². The number of rotatable bonds is 7. The topological polar surface area (TPSA) is 32.3 Å². The minimum absolute atomic E-state index is 0.357. The van der Waals surface area contributed by atoms with Crippen LogP contribution in [0.1, 0.15) is 38.7 Å². The van der Waals surface area contributed by atoms with Crippen molar-refractivity contribution in [1.82, 2.24) is 5.32 Å². The fourth-order valence-electron chi connectivity index (χ4n) is 2.76. The van der Waals surface area contributed by atoms with E-state index in [2.05, 4.69) is 31.3 Å². The van der Waals surface area contributed by atoms with Gasteiger partial charge in [-0.1, -0.05) is 26.0 Å². The second-order valence-electron chi connectivity index (χ2n) is 5.95. The molecule has 0 saturated heterocycles. The molecule has 1 unspecified atom stereocenters. The zero-order valence-electron chi connectivity index (χ0n) is 11.6. The van der Waals surface area contributed by atoms with Crippen LogP contribution in [0.5, 0.6) is 5.75 Å². The Morgan fingerprint density at radius 2 is 1.94 bits per heavy atom. The van der Waals surface area contributed by atoms with E-state index in [4.69, 9.17) is 0 Å². The lowest BCUT2D eigenvalue weighted by Gasteiger charge is -2.30. The molecule has 1 aromatic rings. The molecule has 0 bridgehead atoms. The molecule has 1 saturated carbocycles. The average Bonchev–Trinajstić information content (AvgIpc) is 3.17. The van der Waals surface area contributed by atoms with Gasteiger partial charge in [-0.3, -0.25) is 0 Å². The van der Waals surface area contributed by atoms with Gasteiger partial charge in [0.05, 0.1) is 0 Å². The summed E-state index contributed by atoms with van der Waals surface area (Å²) in [5.74, 6) is 1.23. The van der Waals surface area contributed by atoms with Crippen LogP contribution in [0.3, 0.4) is 0 Å². The van der Waals surface area contributed by atoms with E-state index in [1.165, 1.54) is 24.8 Å². The van der Waals surface area contributed by atoms with Gasteiger partial charge in [-0.2, -0.15) is 0 Å². The number of hydrogen-bond donors (Lipinski definition) is 2. The molecule has 1 fully saturated rings. The molecule has 0 aliphatic heterocycles. The van der Waals surface area contributed by atoms with Gasteiger partial charge in [-0.25, -0.2) is 0 Å². The van der Waals surface area contributed by atoms with Crippen LogP contribution >= 0.6 is 0 Å². The number of benzene rings is 1. The molecule has 1 aliphatic carbocycles. The summed E-state index contributed by atoms with van der Waals surface area (Å²) in [5.41, 5.74) is 1.70. The first-order chi connectivity index (χ1) is 8.64. The molecule has 0 heterocycles. The predicted octanol–water partition coefficient (Wildman–Crippen LogP) is 3.35. The van der Waals surface area contributed by atoms with Crippen LogP contribution in [-0.4, -0.2) is 18.2 Å². The van der Waals surface area contributed by atoms with Crippen LogP contribution in [0.2, 0.25) is 0 Å². The van der Waals surface area contributed by atoms with Crippen molar-refractivity contribution in [2.45, 2.75) is 39.5 Å². The summed E-state index contributed by atoms with van der Waals surface area (Å²) in [7, 11) is 0. The van der Waals surface area contributed by atoms with Gasteiger partial charge in [-0.05, 0) is 61.3 Å². The molecule has 2 rings (SSSR count). The van der Waals surface area contributed by atoms with Crippen molar-refractivity contribution < 1.29 is 5.11 Å². The minimum atomic E-state index is 0.357. The van der Waals surface area contributed by atoms with Gasteiger partial charge in [0.25, 0.3) is 0 Å². The molecular weight excluding hydrogens is 222 g/mol. The number of phenols is 1. The molecule has 1 atom stereocenters. The lowest BCUT2D eigenvalue weighted by atomic mass is 9.79. The summed E-state index contributed by atoms with van der Waals surface area (Å²) >= 11 is 0. The Labute approximate surface area is 110 Å². The molecule has 18 heavy (non-hydrogen) atoms. The SMILES string of the molecule is CCCNCC(C)(Cc1ccc(O)cc1)C1CC1. The Morgan fingerprint density at radius 3 is 2.50 bits per heavy atom. The third kappa shape index (κ3) is 3.49. The standard InChI is InChI=1S/C16H25NO/c1-3-10-17-12-16(2,14-6-7-14)11-13-4-8-15(18)9-5-13/h4-5,8-9,14,17-18H,3,6-7,10-12H2,1-2H3. The van der Waals surface area contributed by atoms with Crippen molar-refractivity contribution in [2.75, 3.05) is 13.1 Å². The molecule has 2 heteroatoms. The van der Waals surface area contributed by atoms with E-state index in [9.17, 15) is 5.11 Å². The van der Waals surface area contributed by atoms with E-state index in [-0.39, 0.29) is 0 Å². The summed E-state index contributed by atoms with van der Waals surface area (Å²) < 4.78 is 0. The Balaban J connectivity index is 1.98. The first-order valence-electron chi connectivity index (χ1n) is 7.13. The van der Waals surface area contributed by atoms with Crippen molar-refractivity contribution in [3.63, 3.8) is 0 Å². The van der Waals surface area contributed by atoms with E-state index in [1.54, 1.807) is 12.1 Å². The minimum Gasteiger partial charge on any atom is -0.508 e. The summed E-state index contributed by atoms with van der Waals surface area (Å²) in [6.07, 6.45) is 5.05. The average molecular weight is 247 g/mol. The zero-order valence-corrected chi connectivity index (χ0v) is 11.6. The molecule has 2 N–H and O–H groups in total. The van der Waals surface area contributed by atoms with Crippen LogP contribution in [0, 0.1) is 11.3 Å². The quantitative estimate of drug-likeness (QED) is 0.724. The molecule has 1 aliphatic rings. The van der Waals surface area contributed by atoms with Gasteiger partial charge in [0.2, 0.25) is 0 Å². The van der Waals surface area contributed by atoms with Crippen molar-refractivity contribution in [2.24, 2.45) is 11.3 Å². The first kappa shape index (κ1) is 13.4. The smallest absolute Gasteiger partial charge is 0.115 e. The van der Waals surface area contributed by atoms with Crippen LogP contribution in [0.4, 0.5) is 0 Å². The highest BCUT2D eigenvalue weighted by molar-refractivity contribution is 5.27. The van der Waals surface area contributed by atoms with E-state index in [0.717, 1.165) is 25.4 Å². The van der Waals surface area contributed by atoms with Crippen LogP contribution in [-0.2, 0) is 6.42 Å². The van der Waals surface area contributed by atoms with Crippen LogP contribution < -0.4 is 5.32 Å². The second kappa shape index (κ2) is 5.75. The Kier molecular flexibility index (Phi) is 4.28. The molecule has 2 nitrogen and oxygen atoms in total. The van der Waals surface area contributed by atoms with Crippen molar-refractivity contribution >= 4 is 0 Å². The molecule has 0 spiro atoms. The Bertz CT molecular complexity index is 369. The van der Waals surface area contributed by atoms with Crippen molar-refractivity contribution in [1.29, 1.82) is 0 Å². The van der Waals surface area contributed by atoms with Gasteiger partial charge in [-0.15, -0.1) is 0 Å². The maximum absolute atomic E-state index is 9.34. The summed E-state index contributed by atoms with van der Waals surface area (Å²) in [6, 6.07) is 7.69. The third-order valence-electron chi connectivity index (χ3n) is 4.06. The molecule has 0 radical (unpaired) electrons. The zero-order chi connectivity index (χ0) is 13.0. The third-order valence-corrected chi connectivity index (χ3v) is 4.06. The van der Waals surface area contributed by atoms with Gasteiger partial charge < -0.3 is 10.4 Å². The number of nitrogens with one attached hydrogen (secondary N) is 1. The van der Waals surface area contributed by atoms with E-state index >= 15 is 0 Å². The highest BCUT2D eigenvalue weighted by Gasteiger charge is 2.40. The van der Waals surface area contributed by atoms with Crippen LogP contribution in [0.25, 0.3) is 0 Å². The van der Waals surface area contributed by atoms with Gasteiger partial charge >= 0.3 is 0 Å². The lowest BCUT2D eigenvalue weighted by Crippen LogP contribution is -2.36. The monoisotopic (exact) mass is 247 g/mol. The van der Waals surface area contributed by atoms with Gasteiger partial charge in [0.15, 0.2) is 0 Å². The van der Waals surface area contributed by atoms with Crippen LogP contribution in [0.15, 0.2) is 24.3 Å². The first-order valence-corrected chi connectivity index (χ1v) is 7.13. The number of aromatic hydroxyl groups is 1. The van der Waals surface area contributed by atoms with E-state index < -0.39 is 0 Å². The van der Waals surface area contributed by atoms with Crippen molar-refractivity contribution in [3.05, 3.63) is 29.8 Å². The number of hydrogen-bond acceptors (Lipinski definition) is 2. The molecular formula is C16H25NO. The fraction of sp³-hybridized carbons (Fsp3) is 0.625. The number of phenolic OH excluding ortho intramolecular Hbond substituents is 1. The van der Waals surface area contributed by atoms with E-state index in [1.807, 2.05) is 0 Å². The summed E-state index contributed by atoms with van der Waals surface area (Å²) in [5, 5.41) is 12.9.